The van der Waals surface area contributed by atoms with Gasteiger partial charge in [-0.1, -0.05) is 12.1 Å². The van der Waals surface area contributed by atoms with E-state index in [1.807, 2.05) is 24.0 Å². The van der Waals surface area contributed by atoms with Crippen LogP contribution in [-0.4, -0.2) is 77.1 Å². The fraction of sp³-hybridized carbons (Fsp3) is 0.458. The fourth-order valence-electron chi connectivity index (χ4n) is 3.72. The summed E-state index contributed by atoms with van der Waals surface area (Å²) in [6, 6.07) is 14.3. The summed E-state index contributed by atoms with van der Waals surface area (Å²) in [5, 5.41) is 0. The van der Waals surface area contributed by atoms with E-state index in [0.29, 0.717) is 25.4 Å². The van der Waals surface area contributed by atoms with E-state index in [1.54, 1.807) is 19.2 Å². The van der Waals surface area contributed by atoms with Crippen molar-refractivity contribution in [1.82, 2.24) is 14.5 Å². The minimum atomic E-state index is -3.66. The highest BCUT2D eigenvalue weighted by atomic mass is 32.2. The molecule has 3 rings (SSSR count). The molecule has 1 aliphatic heterocycles. The highest BCUT2D eigenvalue weighted by Crippen LogP contribution is 2.16. The van der Waals surface area contributed by atoms with Crippen molar-refractivity contribution in [3.63, 3.8) is 0 Å². The molecule has 33 heavy (non-hydrogen) atoms. The molecule has 0 radical (unpaired) electrons. The van der Waals surface area contributed by atoms with Gasteiger partial charge in [0.15, 0.2) is 0 Å². The van der Waals surface area contributed by atoms with Gasteiger partial charge in [0.05, 0.1) is 18.6 Å². The molecule has 1 fully saturated rings. The lowest BCUT2D eigenvalue weighted by atomic mass is 10.1. The Morgan fingerprint density at radius 2 is 1.61 bits per heavy atom. The van der Waals surface area contributed by atoms with E-state index >= 15 is 0 Å². The maximum absolute atomic E-state index is 12.5. The molecular weight excluding hydrogens is 442 g/mol. The first-order chi connectivity index (χ1) is 15.9. The Bertz CT molecular complexity index is 986. The molecular formula is C24H33N3O5S. The topological polar surface area (TPSA) is 88.2 Å². The van der Waals surface area contributed by atoms with E-state index in [1.165, 1.54) is 17.7 Å². The molecule has 0 aromatic heterocycles. The van der Waals surface area contributed by atoms with Crippen molar-refractivity contribution in [2.45, 2.75) is 24.7 Å². The Hall–Kier alpha value is -2.62. The number of benzene rings is 2. The van der Waals surface area contributed by atoms with E-state index in [9.17, 15) is 13.2 Å². The van der Waals surface area contributed by atoms with Crippen molar-refractivity contribution in [2.24, 2.45) is 0 Å². The summed E-state index contributed by atoms with van der Waals surface area (Å²) in [4.78, 5) is 16.8. The van der Waals surface area contributed by atoms with Gasteiger partial charge in [-0.25, -0.2) is 13.1 Å². The number of sulfonamides is 1. The highest BCUT2D eigenvalue weighted by molar-refractivity contribution is 7.89. The first kappa shape index (κ1) is 25.0. The number of hydrogen-bond donors (Lipinski definition) is 1. The average molecular weight is 476 g/mol. The molecule has 1 heterocycles. The van der Waals surface area contributed by atoms with Gasteiger partial charge >= 0.3 is 0 Å². The van der Waals surface area contributed by atoms with Crippen LogP contribution in [0.1, 0.15) is 18.9 Å². The third-order valence-corrected chi connectivity index (χ3v) is 7.15. The zero-order valence-electron chi connectivity index (χ0n) is 19.3. The van der Waals surface area contributed by atoms with Crippen molar-refractivity contribution >= 4 is 15.9 Å². The van der Waals surface area contributed by atoms with Gasteiger partial charge in [-0.15, -0.1) is 0 Å². The molecule has 0 unspecified atom stereocenters. The second-order valence-corrected chi connectivity index (χ2v) is 9.64. The van der Waals surface area contributed by atoms with Crippen LogP contribution in [0.5, 0.6) is 11.5 Å². The van der Waals surface area contributed by atoms with Gasteiger partial charge in [0, 0.05) is 45.7 Å². The second kappa shape index (κ2) is 12.0. The van der Waals surface area contributed by atoms with Crippen LogP contribution in [0.15, 0.2) is 53.4 Å². The molecule has 1 N–H and O–H groups in total. The van der Waals surface area contributed by atoms with Crippen LogP contribution in [0.3, 0.4) is 0 Å². The van der Waals surface area contributed by atoms with Crippen LogP contribution < -0.4 is 14.2 Å². The number of amides is 1. The van der Waals surface area contributed by atoms with Crippen LogP contribution in [-0.2, 0) is 21.2 Å². The lowest BCUT2D eigenvalue weighted by Gasteiger charge is -2.34. The zero-order chi connectivity index (χ0) is 23.7. The molecule has 1 amide bonds. The van der Waals surface area contributed by atoms with Crippen molar-refractivity contribution in [1.29, 1.82) is 0 Å². The van der Waals surface area contributed by atoms with E-state index in [2.05, 4.69) is 21.8 Å². The summed E-state index contributed by atoms with van der Waals surface area (Å²) in [7, 11) is -2.00. The standard InChI is InChI=1S/C24H33N3O5S/c1-3-32-22-8-10-23(11-9-22)33(29,30)25-14-12-24(28)27-18-16-26(17-19-27)15-13-20-4-6-21(31-2)7-5-20/h4-11,25H,3,12-19H2,1-2H3. The normalized spacial score (nSPS) is 14.8. The SMILES string of the molecule is CCOc1ccc(S(=O)(=O)NCCC(=O)N2CCN(CCc3ccc(OC)cc3)CC2)cc1. The predicted molar refractivity (Wildman–Crippen MR) is 127 cm³/mol. The maximum atomic E-state index is 12.5. The molecule has 2 aromatic carbocycles. The molecule has 1 saturated heterocycles. The van der Waals surface area contributed by atoms with Crippen LogP contribution in [0.2, 0.25) is 0 Å². The minimum absolute atomic E-state index is 0.0285. The van der Waals surface area contributed by atoms with Gasteiger partial charge in [0.2, 0.25) is 15.9 Å². The quantitative estimate of drug-likeness (QED) is 0.536. The van der Waals surface area contributed by atoms with Gasteiger partial charge in [-0.2, -0.15) is 0 Å². The average Bonchev–Trinajstić information content (AvgIpc) is 2.84. The van der Waals surface area contributed by atoms with Gasteiger partial charge in [-0.05, 0) is 55.3 Å². The Kier molecular flexibility index (Phi) is 9.11. The van der Waals surface area contributed by atoms with Crippen LogP contribution in [0, 0.1) is 0 Å². The summed E-state index contributed by atoms with van der Waals surface area (Å²) in [6.07, 6.45) is 1.09. The van der Waals surface area contributed by atoms with Gasteiger partial charge < -0.3 is 14.4 Å². The van der Waals surface area contributed by atoms with Crippen LogP contribution in [0.25, 0.3) is 0 Å². The van der Waals surface area contributed by atoms with Gasteiger partial charge in [0.1, 0.15) is 11.5 Å². The van der Waals surface area contributed by atoms with Gasteiger partial charge in [-0.3, -0.25) is 9.69 Å². The molecule has 0 bridgehead atoms. The molecule has 0 atom stereocenters. The maximum Gasteiger partial charge on any atom is 0.240 e. The molecule has 0 saturated carbocycles. The predicted octanol–water partition coefficient (Wildman–Crippen LogP) is 2.15. The lowest BCUT2D eigenvalue weighted by molar-refractivity contribution is -0.132. The number of methoxy groups -OCH3 is 1. The van der Waals surface area contributed by atoms with Crippen molar-refractivity contribution in [3.8, 4) is 11.5 Å². The number of nitrogens with one attached hydrogen (secondary N) is 1. The van der Waals surface area contributed by atoms with Gasteiger partial charge in [0.25, 0.3) is 0 Å². The highest BCUT2D eigenvalue weighted by Gasteiger charge is 2.21. The monoisotopic (exact) mass is 475 g/mol. The Morgan fingerprint density at radius 1 is 0.970 bits per heavy atom. The fourth-order valence-corrected chi connectivity index (χ4v) is 4.75. The number of nitrogens with zero attached hydrogens (tertiary/aromatic N) is 2. The van der Waals surface area contributed by atoms with E-state index in [0.717, 1.165) is 31.8 Å². The third-order valence-electron chi connectivity index (χ3n) is 5.68. The molecule has 0 spiro atoms. The summed E-state index contributed by atoms with van der Waals surface area (Å²) in [5.41, 5.74) is 1.26. The minimum Gasteiger partial charge on any atom is -0.497 e. The van der Waals surface area contributed by atoms with E-state index in [4.69, 9.17) is 9.47 Å². The second-order valence-electron chi connectivity index (χ2n) is 7.87. The number of carbonyl (C=O) groups excluding carboxylic acids is 1. The van der Waals surface area contributed by atoms with Crippen LogP contribution >= 0.6 is 0 Å². The van der Waals surface area contributed by atoms with Crippen molar-refractivity contribution in [2.75, 3.05) is 53.0 Å². The van der Waals surface area contributed by atoms with Crippen molar-refractivity contribution in [3.05, 3.63) is 54.1 Å². The van der Waals surface area contributed by atoms with Crippen LogP contribution in [0.4, 0.5) is 0 Å². The number of rotatable bonds is 11. The van der Waals surface area contributed by atoms with E-state index < -0.39 is 10.0 Å². The molecule has 9 heteroatoms. The molecule has 0 aliphatic carbocycles. The summed E-state index contributed by atoms with van der Waals surface area (Å²) >= 11 is 0. The first-order valence-corrected chi connectivity index (χ1v) is 12.7. The smallest absolute Gasteiger partial charge is 0.240 e. The first-order valence-electron chi connectivity index (χ1n) is 11.3. The number of carbonyl (C=O) groups is 1. The summed E-state index contributed by atoms with van der Waals surface area (Å²) < 4.78 is 37.9. The molecule has 180 valence electrons. The Labute approximate surface area is 196 Å². The number of hydrogen-bond acceptors (Lipinski definition) is 6. The zero-order valence-corrected chi connectivity index (χ0v) is 20.1. The number of piperazine rings is 1. The molecule has 8 nitrogen and oxygen atoms in total. The third kappa shape index (κ3) is 7.45. The van der Waals surface area contributed by atoms with Crippen molar-refractivity contribution < 1.29 is 22.7 Å². The van der Waals surface area contributed by atoms with E-state index in [-0.39, 0.29) is 23.8 Å². The Morgan fingerprint density at radius 3 is 2.21 bits per heavy atom. The molecule has 1 aliphatic rings. The molecule has 2 aromatic rings. The lowest BCUT2D eigenvalue weighted by Crippen LogP contribution is -2.49. The summed E-state index contributed by atoms with van der Waals surface area (Å²) in [6.45, 7) is 6.36. The number of ether oxygens (including phenoxy) is 2. The summed E-state index contributed by atoms with van der Waals surface area (Å²) in [5.74, 6) is 1.45. The Balaban J connectivity index is 1.37. The largest absolute Gasteiger partial charge is 0.497 e.